The number of hydrogen-bond donors (Lipinski definition) is 0. The van der Waals surface area contributed by atoms with E-state index in [1.165, 1.54) is 17.4 Å². The van der Waals surface area contributed by atoms with Crippen LogP contribution in [0.5, 0.6) is 0 Å². The second kappa shape index (κ2) is 8.01. The average molecular weight is 391 g/mol. The summed E-state index contributed by atoms with van der Waals surface area (Å²) in [6, 6.07) is 7.39. The molecule has 1 saturated carbocycles. The molecule has 1 amide bonds. The Labute approximate surface area is 161 Å². The van der Waals surface area contributed by atoms with Gasteiger partial charge < -0.3 is 4.74 Å². The van der Waals surface area contributed by atoms with Gasteiger partial charge in [0.05, 0.1) is 12.3 Å². The van der Waals surface area contributed by atoms with Crippen molar-refractivity contribution in [2.75, 3.05) is 11.5 Å². The van der Waals surface area contributed by atoms with E-state index in [0.717, 1.165) is 18.4 Å². The highest BCUT2D eigenvalue weighted by Gasteiger charge is 2.35. The Balaban J connectivity index is 1.81. The van der Waals surface area contributed by atoms with E-state index in [1.807, 2.05) is 12.1 Å². The quantitative estimate of drug-likeness (QED) is 0.538. The van der Waals surface area contributed by atoms with Gasteiger partial charge in [-0.3, -0.25) is 9.69 Å². The largest absolute Gasteiger partial charge is 0.462 e. The summed E-state index contributed by atoms with van der Waals surface area (Å²) in [7, 11) is 0. The van der Waals surface area contributed by atoms with Gasteiger partial charge in [0.1, 0.15) is 4.88 Å². The van der Waals surface area contributed by atoms with E-state index < -0.39 is 5.97 Å². The maximum atomic E-state index is 12.7. The van der Waals surface area contributed by atoms with Crippen LogP contribution in [0.3, 0.4) is 0 Å². The van der Waals surface area contributed by atoms with Gasteiger partial charge in [-0.05, 0) is 50.5 Å². The molecule has 1 heterocycles. The van der Waals surface area contributed by atoms with E-state index in [2.05, 4.69) is 4.98 Å². The summed E-state index contributed by atoms with van der Waals surface area (Å²) in [6.07, 6.45) is 5.16. The van der Waals surface area contributed by atoms with Crippen LogP contribution in [0.25, 0.3) is 6.08 Å². The Morgan fingerprint density at radius 1 is 1.35 bits per heavy atom. The van der Waals surface area contributed by atoms with Crippen molar-refractivity contribution >= 4 is 46.0 Å². The molecule has 0 radical (unpaired) electrons. The third kappa shape index (κ3) is 4.31. The average Bonchev–Trinajstić information content (AvgIpc) is 3.36. The number of aromatic nitrogens is 1. The molecule has 7 heteroatoms. The zero-order valence-electron chi connectivity index (χ0n) is 14.6. The van der Waals surface area contributed by atoms with Crippen LogP contribution in [0.15, 0.2) is 30.3 Å². The Hall–Kier alpha value is -2.18. The molecule has 0 saturated heterocycles. The molecule has 0 atom stereocenters. The van der Waals surface area contributed by atoms with Gasteiger partial charge in [-0.25, -0.2) is 9.78 Å². The third-order valence-corrected chi connectivity index (χ3v) is 5.28. The summed E-state index contributed by atoms with van der Waals surface area (Å²) in [6.45, 7) is 3.82. The van der Waals surface area contributed by atoms with E-state index >= 15 is 0 Å². The second-order valence-corrected chi connectivity index (χ2v) is 7.37. The topological polar surface area (TPSA) is 59.5 Å². The van der Waals surface area contributed by atoms with Gasteiger partial charge in [-0.2, -0.15) is 0 Å². The minimum atomic E-state index is -0.395. The predicted octanol–water partition coefficient (Wildman–Crippen LogP) is 4.49. The van der Waals surface area contributed by atoms with Crippen molar-refractivity contribution in [2.45, 2.75) is 32.7 Å². The minimum absolute atomic E-state index is 0.137. The first-order valence-electron chi connectivity index (χ1n) is 8.41. The lowest BCUT2D eigenvalue weighted by molar-refractivity contribution is -0.114. The molecule has 1 aliphatic carbocycles. The first-order valence-corrected chi connectivity index (χ1v) is 9.60. The molecule has 1 fully saturated rings. The second-order valence-electron chi connectivity index (χ2n) is 5.96. The molecule has 26 heavy (non-hydrogen) atoms. The maximum Gasteiger partial charge on any atom is 0.350 e. The molecule has 0 N–H and O–H groups in total. The van der Waals surface area contributed by atoms with E-state index in [9.17, 15) is 9.59 Å². The zero-order valence-corrected chi connectivity index (χ0v) is 16.1. The molecule has 1 aromatic carbocycles. The smallest absolute Gasteiger partial charge is 0.350 e. The molecule has 1 aromatic heterocycles. The van der Waals surface area contributed by atoms with Gasteiger partial charge in [0.15, 0.2) is 5.13 Å². The molecule has 3 rings (SSSR count). The first kappa shape index (κ1) is 18.6. The molecule has 0 spiro atoms. The van der Waals surface area contributed by atoms with Crippen molar-refractivity contribution in [2.24, 2.45) is 0 Å². The molecule has 0 unspecified atom stereocenters. The van der Waals surface area contributed by atoms with Crippen LogP contribution in [0.2, 0.25) is 5.02 Å². The standard InChI is InChI=1S/C19H19ClN2O3S/c1-3-25-18(24)17-12(2)21-19(26-17)22(15-9-10-15)16(23)11-6-13-4-7-14(20)8-5-13/h4-8,11,15H,3,9-10H2,1-2H3. The van der Waals surface area contributed by atoms with Gasteiger partial charge in [0.25, 0.3) is 5.91 Å². The van der Waals surface area contributed by atoms with Crippen molar-refractivity contribution in [3.05, 3.63) is 51.5 Å². The normalized spacial score (nSPS) is 13.8. The molecule has 0 bridgehead atoms. The Bertz CT molecular complexity index is 841. The number of hydrogen-bond acceptors (Lipinski definition) is 5. The number of rotatable bonds is 6. The highest BCUT2D eigenvalue weighted by Crippen LogP contribution is 2.36. The number of nitrogens with zero attached hydrogens (tertiary/aromatic N) is 2. The lowest BCUT2D eigenvalue weighted by atomic mass is 10.2. The van der Waals surface area contributed by atoms with Crippen LogP contribution >= 0.6 is 22.9 Å². The lowest BCUT2D eigenvalue weighted by Crippen LogP contribution is -2.31. The number of esters is 1. The van der Waals surface area contributed by atoms with Crippen molar-refractivity contribution in [1.29, 1.82) is 0 Å². The fraction of sp³-hybridized carbons (Fsp3) is 0.316. The van der Waals surface area contributed by atoms with Crippen LogP contribution in [-0.2, 0) is 9.53 Å². The van der Waals surface area contributed by atoms with Crippen LogP contribution in [0, 0.1) is 6.92 Å². The predicted molar refractivity (Wildman–Crippen MR) is 104 cm³/mol. The molecule has 1 aliphatic rings. The summed E-state index contributed by atoms with van der Waals surface area (Å²) in [5.41, 5.74) is 1.48. The first-order chi connectivity index (χ1) is 12.5. The fourth-order valence-electron chi connectivity index (χ4n) is 2.46. The van der Waals surface area contributed by atoms with Gasteiger partial charge in [-0.15, -0.1) is 0 Å². The fourth-order valence-corrected chi connectivity index (χ4v) is 3.62. The number of anilines is 1. The molecule has 136 valence electrons. The van der Waals surface area contributed by atoms with Crippen molar-refractivity contribution < 1.29 is 14.3 Å². The van der Waals surface area contributed by atoms with E-state index in [4.69, 9.17) is 16.3 Å². The number of amides is 1. The van der Waals surface area contributed by atoms with Crippen LogP contribution in [-0.4, -0.2) is 29.5 Å². The summed E-state index contributed by atoms with van der Waals surface area (Å²) >= 11 is 7.08. The van der Waals surface area contributed by atoms with Gasteiger partial charge in [0.2, 0.25) is 0 Å². The van der Waals surface area contributed by atoms with Crippen LogP contribution in [0.4, 0.5) is 5.13 Å². The molecule has 2 aromatic rings. The van der Waals surface area contributed by atoms with Gasteiger partial charge >= 0.3 is 5.97 Å². The van der Waals surface area contributed by atoms with Gasteiger partial charge in [-0.1, -0.05) is 35.1 Å². The van der Waals surface area contributed by atoms with E-state index in [1.54, 1.807) is 37.0 Å². The SMILES string of the molecule is CCOC(=O)c1sc(N(C(=O)C=Cc2ccc(Cl)cc2)C2CC2)nc1C. The van der Waals surface area contributed by atoms with Crippen molar-refractivity contribution in [1.82, 2.24) is 4.98 Å². The monoisotopic (exact) mass is 390 g/mol. The molecule has 0 aliphatic heterocycles. The Morgan fingerprint density at radius 2 is 2.04 bits per heavy atom. The Kier molecular flexibility index (Phi) is 5.74. The number of aryl methyl sites for hydroxylation is 1. The number of ether oxygens (including phenoxy) is 1. The number of carbonyl (C=O) groups excluding carboxylic acids is 2. The number of thiazole rings is 1. The highest BCUT2D eigenvalue weighted by atomic mass is 35.5. The summed E-state index contributed by atoms with van der Waals surface area (Å²) < 4.78 is 5.06. The molecular weight excluding hydrogens is 372 g/mol. The number of benzene rings is 1. The third-order valence-electron chi connectivity index (χ3n) is 3.89. The molecule has 5 nitrogen and oxygen atoms in total. The van der Waals surface area contributed by atoms with Crippen LogP contribution in [0.1, 0.15) is 40.7 Å². The highest BCUT2D eigenvalue weighted by molar-refractivity contribution is 7.17. The summed E-state index contributed by atoms with van der Waals surface area (Å²) in [4.78, 5) is 31.3. The summed E-state index contributed by atoms with van der Waals surface area (Å²) in [5.74, 6) is -0.541. The zero-order chi connectivity index (χ0) is 18.7. The van der Waals surface area contributed by atoms with Crippen molar-refractivity contribution in [3.63, 3.8) is 0 Å². The van der Waals surface area contributed by atoms with E-state index in [-0.39, 0.29) is 11.9 Å². The Morgan fingerprint density at radius 3 is 2.65 bits per heavy atom. The van der Waals surface area contributed by atoms with Crippen LogP contribution < -0.4 is 4.90 Å². The van der Waals surface area contributed by atoms with E-state index in [0.29, 0.717) is 27.3 Å². The van der Waals surface area contributed by atoms with Gasteiger partial charge in [0, 0.05) is 17.1 Å². The summed E-state index contributed by atoms with van der Waals surface area (Å²) in [5, 5.41) is 1.19. The maximum absolute atomic E-state index is 12.7. The lowest BCUT2D eigenvalue weighted by Gasteiger charge is -2.17. The molecular formula is C19H19ClN2O3S. The minimum Gasteiger partial charge on any atom is -0.462 e. The van der Waals surface area contributed by atoms with Crippen molar-refractivity contribution in [3.8, 4) is 0 Å². The number of carbonyl (C=O) groups is 2. The number of halogens is 1.